The van der Waals surface area contributed by atoms with E-state index >= 15 is 0 Å². The van der Waals surface area contributed by atoms with Crippen molar-refractivity contribution in [2.75, 3.05) is 11.3 Å². The molecule has 1 saturated carbocycles. The summed E-state index contributed by atoms with van der Waals surface area (Å²) in [7, 11) is -3.36. The van der Waals surface area contributed by atoms with E-state index in [-0.39, 0.29) is 0 Å². The Labute approximate surface area is 108 Å². The van der Waals surface area contributed by atoms with E-state index in [0.29, 0.717) is 24.0 Å². The van der Waals surface area contributed by atoms with Crippen molar-refractivity contribution in [3.63, 3.8) is 0 Å². The van der Waals surface area contributed by atoms with Gasteiger partial charge in [0, 0.05) is 18.8 Å². The van der Waals surface area contributed by atoms with Crippen LogP contribution in [0.25, 0.3) is 0 Å². The van der Waals surface area contributed by atoms with E-state index in [2.05, 4.69) is 15.0 Å². The Morgan fingerprint density at radius 1 is 1.50 bits per heavy atom. The molecule has 1 heterocycles. The average Bonchev–Trinajstić information content (AvgIpc) is 3.12. The zero-order valence-electron chi connectivity index (χ0n) is 10.7. The molecule has 0 aromatic carbocycles. The summed E-state index contributed by atoms with van der Waals surface area (Å²) in [5.41, 5.74) is 1.24. The molecular formula is C12H19N3O2S. The van der Waals surface area contributed by atoms with Gasteiger partial charge in [-0.2, -0.15) is 0 Å². The Morgan fingerprint density at radius 2 is 2.22 bits per heavy atom. The Bertz CT molecular complexity index is 512. The van der Waals surface area contributed by atoms with E-state index in [1.807, 2.05) is 0 Å². The zero-order valence-corrected chi connectivity index (χ0v) is 11.5. The molecule has 100 valence electrons. The highest BCUT2D eigenvalue weighted by Gasteiger charge is 2.26. The van der Waals surface area contributed by atoms with Gasteiger partial charge in [-0.15, -0.1) is 0 Å². The maximum absolute atomic E-state index is 12.1. The maximum Gasteiger partial charge on any atom is 0.236 e. The van der Waals surface area contributed by atoms with Crippen LogP contribution in [0.5, 0.6) is 0 Å². The molecule has 2 rings (SSSR count). The first-order valence-corrected chi connectivity index (χ1v) is 7.70. The summed E-state index contributed by atoms with van der Waals surface area (Å²) >= 11 is 0. The topological polar surface area (TPSA) is 71.1 Å². The zero-order chi connectivity index (χ0) is 13.2. The van der Waals surface area contributed by atoms with Crippen molar-refractivity contribution >= 4 is 15.7 Å². The predicted octanol–water partition coefficient (Wildman–Crippen LogP) is 1.27. The van der Waals surface area contributed by atoms with Crippen molar-refractivity contribution in [1.82, 2.24) is 10.3 Å². The number of rotatable bonds is 6. The molecule has 0 spiro atoms. The molecule has 0 saturated heterocycles. The molecule has 0 bridgehead atoms. The van der Waals surface area contributed by atoms with Crippen LogP contribution < -0.4 is 10.0 Å². The number of aryl methyl sites for hydroxylation is 1. The minimum atomic E-state index is -3.36. The lowest BCUT2D eigenvalue weighted by Gasteiger charge is -2.16. The highest BCUT2D eigenvalue weighted by atomic mass is 32.2. The number of nitrogens with zero attached hydrogens (tertiary/aromatic N) is 1. The van der Waals surface area contributed by atoms with Gasteiger partial charge in [-0.05, 0) is 38.8 Å². The van der Waals surface area contributed by atoms with Crippen molar-refractivity contribution in [3.05, 3.63) is 24.0 Å². The van der Waals surface area contributed by atoms with E-state index in [0.717, 1.165) is 12.8 Å². The van der Waals surface area contributed by atoms with Crippen molar-refractivity contribution in [2.24, 2.45) is 0 Å². The van der Waals surface area contributed by atoms with E-state index in [4.69, 9.17) is 0 Å². The van der Waals surface area contributed by atoms with Crippen molar-refractivity contribution in [2.45, 2.75) is 38.0 Å². The molecule has 0 aliphatic heterocycles. The van der Waals surface area contributed by atoms with Crippen LogP contribution in [-0.2, 0) is 10.0 Å². The molecule has 0 radical (unpaired) electrons. The third-order valence-corrected chi connectivity index (χ3v) is 4.79. The summed E-state index contributed by atoms with van der Waals surface area (Å²) in [6.07, 6.45) is 3.95. The van der Waals surface area contributed by atoms with Gasteiger partial charge in [0.2, 0.25) is 10.0 Å². The number of pyridine rings is 1. The normalized spacial score (nSPS) is 17.4. The largest absolute Gasteiger partial charge is 0.313 e. The molecule has 0 amide bonds. The van der Waals surface area contributed by atoms with Gasteiger partial charge in [-0.1, -0.05) is 0 Å². The molecule has 1 aliphatic rings. The maximum atomic E-state index is 12.1. The molecule has 18 heavy (non-hydrogen) atoms. The molecule has 6 heteroatoms. The minimum Gasteiger partial charge on any atom is -0.313 e. The standard InChI is InChI=1S/C12H19N3O2S/c1-9(8-14-11-5-6-11)18(16,17)15-12-4-3-7-13-10(12)2/h3-4,7,9,11,14-15H,5-6,8H2,1-2H3. The number of anilines is 1. The summed E-state index contributed by atoms with van der Waals surface area (Å²) in [5.74, 6) is 0. The highest BCUT2D eigenvalue weighted by Crippen LogP contribution is 2.19. The van der Waals surface area contributed by atoms with Crippen molar-refractivity contribution < 1.29 is 8.42 Å². The van der Waals surface area contributed by atoms with Gasteiger partial charge in [0.25, 0.3) is 0 Å². The lowest BCUT2D eigenvalue weighted by Crippen LogP contribution is -2.35. The first kappa shape index (κ1) is 13.3. The summed E-state index contributed by atoms with van der Waals surface area (Å²) in [6, 6.07) is 3.96. The summed E-state index contributed by atoms with van der Waals surface area (Å²) < 4.78 is 26.8. The molecule has 1 aromatic rings. The van der Waals surface area contributed by atoms with Crippen LogP contribution in [0.1, 0.15) is 25.5 Å². The first-order valence-electron chi connectivity index (χ1n) is 6.15. The average molecular weight is 269 g/mol. The smallest absolute Gasteiger partial charge is 0.236 e. The highest BCUT2D eigenvalue weighted by molar-refractivity contribution is 7.93. The minimum absolute atomic E-state index is 0.460. The quantitative estimate of drug-likeness (QED) is 0.816. The molecule has 1 aromatic heterocycles. The molecular weight excluding hydrogens is 250 g/mol. The van der Waals surface area contributed by atoms with Crippen LogP contribution >= 0.6 is 0 Å². The summed E-state index contributed by atoms with van der Waals surface area (Å²) in [6.45, 7) is 3.98. The van der Waals surface area contributed by atoms with Gasteiger partial charge < -0.3 is 5.32 Å². The molecule has 1 atom stereocenters. The summed E-state index contributed by atoms with van der Waals surface area (Å²) in [4.78, 5) is 4.06. The second-order valence-corrected chi connectivity index (χ2v) is 6.88. The number of nitrogens with one attached hydrogen (secondary N) is 2. The fourth-order valence-corrected chi connectivity index (χ4v) is 2.61. The van der Waals surface area contributed by atoms with Gasteiger partial charge in [-0.25, -0.2) is 8.42 Å². The second-order valence-electron chi connectivity index (χ2n) is 4.78. The monoisotopic (exact) mass is 269 g/mol. The van der Waals surface area contributed by atoms with Crippen LogP contribution in [0, 0.1) is 6.92 Å². The van der Waals surface area contributed by atoms with Crippen LogP contribution in [0.4, 0.5) is 5.69 Å². The lowest BCUT2D eigenvalue weighted by molar-refractivity contribution is 0.576. The Morgan fingerprint density at radius 3 is 2.83 bits per heavy atom. The number of hydrogen-bond donors (Lipinski definition) is 2. The third-order valence-electron chi connectivity index (χ3n) is 3.06. The van der Waals surface area contributed by atoms with E-state index in [1.165, 1.54) is 0 Å². The Hall–Kier alpha value is -1.14. The van der Waals surface area contributed by atoms with Gasteiger partial charge in [0.15, 0.2) is 0 Å². The molecule has 1 fully saturated rings. The fourth-order valence-electron chi connectivity index (χ4n) is 1.58. The predicted molar refractivity (Wildman–Crippen MR) is 72.0 cm³/mol. The van der Waals surface area contributed by atoms with Gasteiger partial charge >= 0.3 is 0 Å². The molecule has 1 aliphatic carbocycles. The molecule has 1 unspecified atom stereocenters. The van der Waals surface area contributed by atoms with E-state index < -0.39 is 15.3 Å². The second kappa shape index (κ2) is 5.24. The number of hydrogen-bond acceptors (Lipinski definition) is 4. The van der Waals surface area contributed by atoms with Crippen LogP contribution in [0.3, 0.4) is 0 Å². The third kappa shape index (κ3) is 3.43. The fraction of sp³-hybridized carbons (Fsp3) is 0.583. The lowest BCUT2D eigenvalue weighted by atomic mass is 10.3. The first-order chi connectivity index (χ1) is 8.49. The van der Waals surface area contributed by atoms with Crippen LogP contribution in [0.15, 0.2) is 18.3 Å². The van der Waals surface area contributed by atoms with E-state index in [1.54, 1.807) is 32.2 Å². The van der Waals surface area contributed by atoms with Crippen molar-refractivity contribution in [1.29, 1.82) is 0 Å². The SMILES string of the molecule is Cc1ncccc1NS(=O)(=O)C(C)CNC1CC1. The van der Waals surface area contributed by atoms with Crippen molar-refractivity contribution in [3.8, 4) is 0 Å². The molecule has 5 nitrogen and oxygen atoms in total. The summed E-state index contributed by atoms with van der Waals surface area (Å²) in [5, 5.41) is 2.77. The Balaban J connectivity index is 1.99. The number of sulfonamides is 1. The van der Waals surface area contributed by atoms with Gasteiger partial charge in [0.05, 0.1) is 16.6 Å². The van der Waals surface area contributed by atoms with Gasteiger partial charge in [0.1, 0.15) is 0 Å². The molecule has 2 N–H and O–H groups in total. The van der Waals surface area contributed by atoms with E-state index in [9.17, 15) is 8.42 Å². The van der Waals surface area contributed by atoms with Crippen LogP contribution in [0.2, 0.25) is 0 Å². The van der Waals surface area contributed by atoms with Gasteiger partial charge in [-0.3, -0.25) is 9.71 Å². The Kier molecular flexibility index (Phi) is 3.87. The number of aromatic nitrogens is 1. The van der Waals surface area contributed by atoms with Crippen LogP contribution in [-0.4, -0.2) is 31.2 Å².